The average molecular weight is 674 g/mol. The van der Waals surface area contributed by atoms with Crippen LogP contribution in [0.15, 0.2) is 59.8 Å². The molecule has 1 amide bonds. The minimum absolute atomic E-state index is 0.0606. The van der Waals surface area contributed by atoms with E-state index in [1.54, 1.807) is 51.1 Å². The van der Waals surface area contributed by atoms with Gasteiger partial charge in [0.2, 0.25) is 0 Å². The van der Waals surface area contributed by atoms with E-state index in [4.69, 9.17) is 9.47 Å². The molecule has 5 rings (SSSR count). The van der Waals surface area contributed by atoms with Gasteiger partial charge in [0.25, 0.3) is 5.91 Å². The molecule has 0 radical (unpaired) electrons. The lowest BCUT2D eigenvalue weighted by molar-refractivity contribution is -0.154. The summed E-state index contributed by atoms with van der Waals surface area (Å²) in [5, 5.41) is 5.40. The number of amides is 1. The number of ether oxygens (including phenoxy) is 2. The first-order valence-corrected chi connectivity index (χ1v) is 16.1. The molecule has 2 aromatic rings. The van der Waals surface area contributed by atoms with Gasteiger partial charge in [0.1, 0.15) is 12.4 Å². The Morgan fingerprint density at radius 1 is 1.04 bits per heavy atom. The quantitative estimate of drug-likeness (QED) is 0.301. The molecule has 9 nitrogen and oxygen atoms in total. The van der Waals surface area contributed by atoms with Gasteiger partial charge in [-0.1, -0.05) is 18.2 Å². The average Bonchev–Trinajstić information content (AvgIpc) is 3.05. The molecule has 13 heteroatoms. The first-order chi connectivity index (χ1) is 22.7. The number of carbonyl (C=O) groups is 2. The summed E-state index contributed by atoms with van der Waals surface area (Å²) in [6.07, 6.45) is -2.73. The van der Waals surface area contributed by atoms with Gasteiger partial charge in [-0.3, -0.25) is 19.4 Å². The number of nitrogens with one attached hydrogen (secondary N) is 2. The Morgan fingerprint density at radius 2 is 1.79 bits per heavy atom. The Bertz CT molecular complexity index is 1560. The third-order valence-electron chi connectivity index (χ3n) is 8.74. The van der Waals surface area contributed by atoms with Crippen molar-refractivity contribution in [1.82, 2.24) is 15.1 Å². The van der Waals surface area contributed by atoms with Crippen molar-refractivity contribution in [3.8, 4) is 11.1 Å². The monoisotopic (exact) mass is 673 g/mol. The van der Waals surface area contributed by atoms with Gasteiger partial charge < -0.3 is 25.0 Å². The van der Waals surface area contributed by atoms with Gasteiger partial charge in [-0.25, -0.2) is 4.39 Å². The predicted octanol–water partition coefficient (Wildman–Crippen LogP) is 4.95. The van der Waals surface area contributed by atoms with Crippen LogP contribution in [0, 0.1) is 11.2 Å². The van der Waals surface area contributed by atoms with Gasteiger partial charge in [0.15, 0.2) is 0 Å². The van der Waals surface area contributed by atoms with E-state index in [1.807, 2.05) is 11.9 Å². The lowest BCUT2D eigenvalue weighted by Crippen LogP contribution is -2.54. The van der Waals surface area contributed by atoms with Crippen LogP contribution in [0.1, 0.15) is 26.3 Å². The number of rotatable bonds is 8. The molecule has 2 fully saturated rings. The largest absolute Gasteiger partial charge is 0.464 e. The first kappa shape index (κ1) is 35.4. The molecule has 0 saturated carbocycles. The van der Waals surface area contributed by atoms with Gasteiger partial charge in [-0.15, -0.1) is 0 Å². The lowest BCUT2D eigenvalue weighted by Gasteiger charge is -2.41. The number of nitrogens with zero attached hydrogens (tertiary/aromatic N) is 3. The summed E-state index contributed by atoms with van der Waals surface area (Å²) >= 11 is 0. The molecule has 48 heavy (non-hydrogen) atoms. The van der Waals surface area contributed by atoms with Crippen molar-refractivity contribution < 1.29 is 36.6 Å². The normalized spacial score (nSPS) is 19.7. The Morgan fingerprint density at radius 3 is 2.50 bits per heavy atom. The number of hydrogen-bond acceptors (Lipinski definition) is 8. The summed E-state index contributed by atoms with van der Waals surface area (Å²) in [5.41, 5.74) is 0.213. The van der Waals surface area contributed by atoms with Crippen LogP contribution in [0.4, 0.5) is 28.9 Å². The maximum atomic E-state index is 15.4. The second-order valence-corrected chi connectivity index (χ2v) is 13.4. The van der Waals surface area contributed by atoms with Crippen LogP contribution in [0.3, 0.4) is 0 Å². The fourth-order valence-corrected chi connectivity index (χ4v) is 5.88. The van der Waals surface area contributed by atoms with Crippen LogP contribution < -0.4 is 15.5 Å². The molecule has 2 N–H and O–H groups in total. The van der Waals surface area contributed by atoms with Gasteiger partial charge in [-0.2, -0.15) is 13.2 Å². The molecule has 0 spiro atoms. The van der Waals surface area contributed by atoms with Gasteiger partial charge in [0.05, 0.1) is 47.2 Å². The van der Waals surface area contributed by atoms with E-state index in [0.29, 0.717) is 56.2 Å². The number of piperazine rings is 1. The number of benzene rings is 2. The van der Waals surface area contributed by atoms with Crippen LogP contribution in [0.5, 0.6) is 0 Å². The number of morpholine rings is 1. The van der Waals surface area contributed by atoms with E-state index in [-0.39, 0.29) is 30.9 Å². The van der Waals surface area contributed by atoms with E-state index in [2.05, 4.69) is 20.4 Å². The maximum Gasteiger partial charge on any atom is 0.416 e. The number of esters is 1. The third-order valence-corrected chi connectivity index (χ3v) is 8.74. The SMILES string of the molecule is CN1CCN(c2ccc(-c3cc(CN4CCOCC4)ccc3F)cc2NC(=O)C2=CNCC=C2C(F)(F)F)CC1COC(=O)C(C)(C)C. The summed E-state index contributed by atoms with van der Waals surface area (Å²) in [4.78, 5) is 32.3. The topological polar surface area (TPSA) is 86.4 Å². The summed E-state index contributed by atoms with van der Waals surface area (Å²) < 4.78 is 68.0. The van der Waals surface area contributed by atoms with Crippen LogP contribution in [0.25, 0.3) is 11.1 Å². The van der Waals surface area contributed by atoms with Crippen LogP contribution in [-0.2, 0) is 25.6 Å². The zero-order valence-electron chi connectivity index (χ0n) is 27.8. The van der Waals surface area contributed by atoms with Crippen LogP contribution in [0.2, 0.25) is 0 Å². The fraction of sp³-hybridized carbons (Fsp3) is 0.486. The van der Waals surface area contributed by atoms with Crippen LogP contribution in [-0.4, -0.2) is 100 Å². The molecule has 3 heterocycles. The third kappa shape index (κ3) is 8.55. The molecular weight excluding hydrogens is 630 g/mol. The molecule has 0 aromatic heterocycles. The summed E-state index contributed by atoms with van der Waals surface area (Å²) in [6, 6.07) is 9.81. The van der Waals surface area contributed by atoms with E-state index >= 15 is 4.39 Å². The molecule has 1 unspecified atom stereocenters. The fourth-order valence-electron chi connectivity index (χ4n) is 5.88. The van der Waals surface area contributed by atoms with E-state index < -0.39 is 34.5 Å². The van der Waals surface area contributed by atoms with Crippen LogP contribution >= 0.6 is 0 Å². The van der Waals surface area contributed by atoms with Crippen molar-refractivity contribution in [2.75, 3.05) is 76.4 Å². The standard InChI is InChI=1S/C35H43F4N5O4/c1-34(2,3)33(46)48-22-25-21-44(12-11-42(25)4)31-8-6-24(26-17-23(5-7-29(26)36)20-43-13-15-47-16-14-43)18-30(31)41-32(45)27-19-40-10-9-28(27)35(37,38)39/h5-9,17-19,25,40H,10-16,20-22H2,1-4H3,(H,41,45). The molecular formula is C35H43F4N5O4. The second-order valence-electron chi connectivity index (χ2n) is 13.4. The molecule has 0 aliphatic carbocycles. The number of alkyl halides is 3. The number of dihydropyridines is 1. The minimum atomic E-state index is -4.73. The summed E-state index contributed by atoms with van der Waals surface area (Å²) in [6.45, 7) is 10.3. The lowest BCUT2D eigenvalue weighted by atomic mass is 9.97. The zero-order valence-corrected chi connectivity index (χ0v) is 27.8. The number of anilines is 2. The van der Waals surface area contributed by atoms with Crippen molar-refractivity contribution in [3.63, 3.8) is 0 Å². The predicted molar refractivity (Wildman–Crippen MR) is 176 cm³/mol. The van der Waals surface area contributed by atoms with Crippen molar-refractivity contribution >= 4 is 23.3 Å². The maximum absolute atomic E-state index is 15.4. The molecule has 0 bridgehead atoms. The highest BCUT2D eigenvalue weighted by Crippen LogP contribution is 2.37. The Labute approximate surface area is 278 Å². The minimum Gasteiger partial charge on any atom is -0.464 e. The highest BCUT2D eigenvalue weighted by Gasteiger charge is 2.39. The summed E-state index contributed by atoms with van der Waals surface area (Å²) in [5.74, 6) is -1.74. The van der Waals surface area contributed by atoms with Gasteiger partial charge in [0, 0.05) is 57.6 Å². The molecule has 2 saturated heterocycles. The van der Waals surface area contributed by atoms with Crippen molar-refractivity contribution in [1.29, 1.82) is 0 Å². The number of hydrogen-bond donors (Lipinski definition) is 2. The zero-order chi connectivity index (χ0) is 34.6. The Balaban J connectivity index is 1.47. The summed E-state index contributed by atoms with van der Waals surface area (Å²) in [7, 11) is 1.93. The van der Waals surface area contributed by atoms with Crippen molar-refractivity contribution in [2.45, 2.75) is 39.5 Å². The van der Waals surface area contributed by atoms with Crippen molar-refractivity contribution in [3.05, 3.63) is 71.2 Å². The number of likely N-dealkylation sites (N-methyl/N-ethyl adjacent to an activating group) is 1. The Kier molecular flexibility index (Phi) is 10.8. The molecule has 3 aliphatic rings. The van der Waals surface area contributed by atoms with E-state index in [9.17, 15) is 22.8 Å². The van der Waals surface area contributed by atoms with Gasteiger partial charge in [-0.05, 0) is 63.2 Å². The van der Waals surface area contributed by atoms with E-state index in [1.165, 1.54) is 6.07 Å². The first-order valence-electron chi connectivity index (χ1n) is 16.1. The molecule has 3 aliphatic heterocycles. The van der Waals surface area contributed by atoms with Crippen molar-refractivity contribution in [2.24, 2.45) is 5.41 Å². The number of carbonyl (C=O) groups excluding carboxylic acids is 2. The smallest absolute Gasteiger partial charge is 0.416 e. The number of halogens is 4. The highest BCUT2D eigenvalue weighted by molar-refractivity contribution is 6.09. The highest BCUT2D eigenvalue weighted by atomic mass is 19.4. The second kappa shape index (κ2) is 14.7. The van der Waals surface area contributed by atoms with E-state index in [0.717, 1.165) is 30.9 Å². The molecule has 1 atom stereocenters. The Hall–Kier alpha value is -3.94. The molecule has 2 aromatic carbocycles. The molecule has 260 valence electrons. The van der Waals surface area contributed by atoms with Gasteiger partial charge >= 0.3 is 12.1 Å².